The van der Waals surface area contributed by atoms with Crippen LogP contribution < -0.4 is 5.32 Å². The first-order valence-corrected chi connectivity index (χ1v) is 9.15. The molecule has 25 heavy (non-hydrogen) atoms. The van der Waals surface area contributed by atoms with Gasteiger partial charge in [-0.05, 0) is 68.7 Å². The standard InChI is InChI=1S/C18H19FN4OS/c1-23-8-6-11(7-9-23)12-10-20-13-2-5-16(21-17(12)13)22-18(24)14-3-4-15(19)25-14/h2-5,10-11,20H,6-9H2,1H3,(H,21,22,24). The molecular formula is C18H19FN4OS. The molecule has 0 aliphatic carbocycles. The van der Waals surface area contributed by atoms with Crippen molar-refractivity contribution in [1.82, 2.24) is 14.9 Å². The maximum Gasteiger partial charge on any atom is 0.266 e. The summed E-state index contributed by atoms with van der Waals surface area (Å²) in [6.07, 6.45) is 4.25. The van der Waals surface area contributed by atoms with Crippen LogP contribution in [0.1, 0.15) is 34.0 Å². The average Bonchev–Trinajstić information content (AvgIpc) is 3.22. The summed E-state index contributed by atoms with van der Waals surface area (Å²) in [5.74, 6) is 0.631. The maximum atomic E-state index is 13.1. The van der Waals surface area contributed by atoms with E-state index < -0.39 is 0 Å². The molecule has 3 aromatic heterocycles. The molecule has 1 aliphatic heterocycles. The summed E-state index contributed by atoms with van der Waals surface area (Å²) in [5, 5.41) is 2.39. The summed E-state index contributed by atoms with van der Waals surface area (Å²) in [5.41, 5.74) is 3.08. The van der Waals surface area contributed by atoms with Gasteiger partial charge in [0.2, 0.25) is 0 Å². The Labute approximate surface area is 148 Å². The van der Waals surface area contributed by atoms with E-state index in [0.29, 0.717) is 16.6 Å². The minimum absolute atomic E-state index is 0.336. The van der Waals surface area contributed by atoms with Crippen molar-refractivity contribution in [2.45, 2.75) is 18.8 Å². The molecule has 130 valence electrons. The smallest absolute Gasteiger partial charge is 0.266 e. The van der Waals surface area contributed by atoms with E-state index in [1.165, 1.54) is 17.7 Å². The molecular weight excluding hydrogens is 339 g/mol. The van der Waals surface area contributed by atoms with Crippen molar-refractivity contribution < 1.29 is 9.18 Å². The number of nitrogens with one attached hydrogen (secondary N) is 2. The number of aromatic nitrogens is 2. The summed E-state index contributed by atoms with van der Waals surface area (Å²) in [4.78, 5) is 22.8. The van der Waals surface area contributed by atoms with Crippen molar-refractivity contribution >= 4 is 34.1 Å². The van der Waals surface area contributed by atoms with E-state index in [1.807, 2.05) is 12.3 Å². The SMILES string of the molecule is CN1CCC(c2c[nH]c3ccc(NC(=O)c4ccc(F)s4)nc23)CC1. The highest BCUT2D eigenvalue weighted by Gasteiger charge is 2.22. The number of hydrogen-bond donors (Lipinski definition) is 2. The van der Waals surface area contributed by atoms with Gasteiger partial charge in [0.15, 0.2) is 5.13 Å². The van der Waals surface area contributed by atoms with Crippen LogP contribution in [0, 0.1) is 5.13 Å². The third-order valence-electron chi connectivity index (χ3n) is 4.75. The number of rotatable bonds is 3. The number of H-pyrrole nitrogens is 1. The molecule has 2 N–H and O–H groups in total. The van der Waals surface area contributed by atoms with Crippen LogP contribution in [0.25, 0.3) is 11.0 Å². The Hall–Kier alpha value is -2.25. The number of hydrogen-bond acceptors (Lipinski definition) is 4. The zero-order valence-corrected chi connectivity index (χ0v) is 14.7. The van der Waals surface area contributed by atoms with Crippen molar-refractivity contribution in [2.24, 2.45) is 0 Å². The van der Waals surface area contributed by atoms with E-state index >= 15 is 0 Å². The lowest BCUT2D eigenvalue weighted by Crippen LogP contribution is -2.29. The summed E-state index contributed by atoms with van der Waals surface area (Å²) in [7, 11) is 2.14. The number of carbonyl (C=O) groups excluding carboxylic acids is 1. The number of nitrogens with zero attached hydrogens (tertiary/aromatic N) is 2. The quantitative estimate of drug-likeness (QED) is 0.748. The Morgan fingerprint density at radius 3 is 2.84 bits per heavy atom. The van der Waals surface area contributed by atoms with Gasteiger partial charge in [-0.2, -0.15) is 4.39 Å². The molecule has 1 amide bonds. The predicted molar refractivity (Wildman–Crippen MR) is 97.8 cm³/mol. The summed E-state index contributed by atoms with van der Waals surface area (Å²) < 4.78 is 13.1. The monoisotopic (exact) mass is 358 g/mol. The van der Waals surface area contributed by atoms with Gasteiger partial charge >= 0.3 is 0 Å². The highest BCUT2D eigenvalue weighted by atomic mass is 32.1. The number of halogens is 1. The fraction of sp³-hybridized carbons (Fsp3) is 0.333. The Kier molecular flexibility index (Phi) is 4.27. The van der Waals surface area contributed by atoms with Crippen LogP contribution in [0.2, 0.25) is 0 Å². The molecule has 0 bridgehead atoms. The maximum absolute atomic E-state index is 13.1. The first-order valence-electron chi connectivity index (χ1n) is 8.33. The third kappa shape index (κ3) is 3.29. The highest BCUT2D eigenvalue weighted by molar-refractivity contribution is 7.12. The Bertz CT molecular complexity index is 911. The average molecular weight is 358 g/mol. The van der Waals surface area contributed by atoms with Gasteiger partial charge in [-0.1, -0.05) is 0 Å². The first kappa shape index (κ1) is 16.2. The van der Waals surface area contributed by atoms with E-state index in [9.17, 15) is 9.18 Å². The van der Waals surface area contributed by atoms with Gasteiger partial charge in [-0.25, -0.2) is 4.98 Å². The zero-order chi connectivity index (χ0) is 17.4. The lowest BCUT2D eigenvalue weighted by atomic mass is 9.91. The summed E-state index contributed by atoms with van der Waals surface area (Å²) in [6, 6.07) is 6.46. The molecule has 0 radical (unpaired) electrons. The molecule has 4 rings (SSSR count). The number of fused-ring (bicyclic) bond motifs is 1. The van der Waals surface area contributed by atoms with Gasteiger partial charge < -0.3 is 15.2 Å². The number of thiophene rings is 1. The minimum Gasteiger partial charge on any atom is -0.360 e. The van der Waals surface area contributed by atoms with Crippen molar-refractivity contribution in [3.8, 4) is 0 Å². The molecule has 0 unspecified atom stereocenters. The largest absolute Gasteiger partial charge is 0.360 e. The highest BCUT2D eigenvalue weighted by Crippen LogP contribution is 2.32. The number of carbonyl (C=O) groups is 1. The normalized spacial score (nSPS) is 16.4. The minimum atomic E-state index is -0.372. The van der Waals surface area contributed by atoms with Crippen molar-refractivity contribution in [3.05, 3.63) is 46.0 Å². The van der Waals surface area contributed by atoms with Gasteiger partial charge in [0.05, 0.1) is 15.9 Å². The van der Waals surface area contributed by atoms with Gasteiger partial charge in [0, 0.05) is 6.20 Å². The number of likely N-dealkylation sites (tertiary alicyclic amines) is 1. The number of aromatic amines is 1. The van der Waals surface area contributed by atoms with Crippen molar-refractivity contribution in [3.63, 3.8) is 0 Å². The number of piperidine rings is 1. The molecule has 7 heteroatoms. The van der Waals surface area contributed by atoms with Gasteiger partial charge in [-0.3, -0.25) is 4.79 Å². The molecule has 0 aromatic carbocycles. The molecule has 5 nitrogen and oxygen atoms in total. The van der Waals surface area contributed by atoms with E-state index in [1.54, 1.807) is 6.07 Å². The third-order valence-corrected chi connectivity index (χ3v) is 5.62. The van der Waals surface area contributed by atoms with Crippen LogP contribution in [-0.2, 0) is 0 Å². The van der Waals surface area contributed by atoms with Crippen LogP contribution in [0.4, 0.5) is 10.2 Å². The summed E-state index contributed by atoms with van der Waals surface area (Å²) >= 11 is 0.829. The second kappa shape index (κ2) is 6.57. The van der Waals surface area contributed by atoms with Gasteiger partial charge in [-0.15, -0.1) is 11.3 Å². The van der Waals surface area contributed by atoms with Crippen LogP contribution in [0.5, 0.6) is 0 Å². The molecule has 0 saturated carbocycles. The van der Waals surface area contributed by atoms with E-state index in [2.05, 4.69) is 27.2 Å². The molecule has 0 spiro atoms. The Morgan fingerprint density at radius 1 is 1.32 bits per heavy atom. The van der Waals surface area contributed by atoms with E-state index in [-0.39, 0.29) is 11.0 Å². The molecule has 3 aromatic rings. The van der Waals surface area contributed by atoms with Crippen molar-refractivity contribution in [2.75, 3.05) is 25.5 Å². The second-order valence-corrected chi connectivity index (χ2v) is 7.51. The molecule has 0 atom stereocenters. The van der Waals surface area contributed by atoms with Crippen LogP contribution >= 0.6 is 11.3 Å². The van der Waals surface area contributed by atoms with Gasteiger partial charge in [0.25, 0.3) is 5.91 Å². The Morgan fingerprint density at radius 2 is 2.12 bits per heavy atom. The predicted octanol–water partition coefficient (Wildman–Crippen LogP) is 3.83. The molecule has 1 aliphatic rings. The second-order valence-electron chi connectivity index (χ2n) is 6.47. The Balaban J connectivity index is 1.59. The molecule has 1 fully saturated rings. The fourth-order valence-electron chi connectivity index (χ4n) is 3.33. The number of anilines is 1. The molecule has 1 saturated heterocycles. The number of pyridine rings is 1. The van der Waals surface area contributed by atoms with Crippen LogP contribution in [0.3, 0.4) is 0 Å². The van der Waals surface area contributed by atoms with Crippen molar-refractivity contribution in [1.29, 1.82) is 0 Å². The number of amides is 1. The summed E-state index contributed by atoms with van der Waals surface area (Å²) in [6.45, 7) is 2.16. The first-order chi connectivity index (χ1) is 12.1. The van der Waals surface area contributed by atoms with Crippen LogP contribution in [-0.4, -0.2) is 40.9 Å². The molecule has 4 heterocycles. The zero-order valence-electron chi connectivity index (χ0n) is 13.9. The topological polar surface area (TPSA) is 61.0 Å². The van der Waals surface area contributed by atoms with Gasteiger partial charge in [0.1, 0.15) is 5.82 Å². The fourth-order valence-corrected chi connectivity index (χ4v) is 3.96. The van der Waals surface area contributed by atoms with E-state index in [4.69, 9.17) is 0 Å². The van der Waals surface area contributed by atoms with E-state index in [0.717, 1.165) is 48.3 Å². The van der Waals surface area contributed by atoms with Crippen LogP contribution in [0.15, 0.2) is 30.5 Å². The lowest BCUT2D eigenvalue weighted by Gasteiger charge is -2.28. The lowest BCUT2D eigenvalue weighted by molar-refractivity contribution is 0.103.